The first-order valence-electron chi connectivity index (χ1n) is 7.26. The first-order valence-corrected chi connectivity index (χ1v) is 8.05. The van der Waals surface area contributed by atoms with E-state index in [9.17, 15) is 4.79 Å². The molecule has 3 N–H and O–H groups in total. The van der Waals surface area contributed by atoms with E-state index in [0.717, 1.165) is 16.8 Å². The minimum atomic E-state index is -0.337. The Hall–Kier alpha value is -2.31. The van der Waals surface area contributed by atoms with Crippen LogP contribution in [0.3, 0.4) is 0 Å². The molecule has 0 aromatic heterocycles. The summed E-state index contributed by atoms with van der Waals surface area (Å²) in [6.45, 7) is 3.83. The first kappa shape index (κ1) is 18.0. The standard InChI is InChI=1S/C17H18ClN3O2S/c1-11-4-3-5-15(12(11)2)23-10-16(22)20-21-17(24)19-14-8-6-13(18)7-9-14/h3-9H,10H2,1-2H3,(H,20,22)(H2,19,21,24). The van der Waals surface area contributed by atoms with Gasteiger partial charge in [-0.1, -0.05) is 23.7 Å². The highest BCUT2D eigenvalue weighted by atomic mass is 35.5. The van der Waals surface area contributed by atoms with Crippen molar-refractivity contribution in [3.63, 3.8) is 0 Å². The number of anilines is 1. The van der Waals surface area contributed by atoms with Crippen LogP contribution in [0.1, 0.15) is 11.1 Å². The van der Waals surface area contributed by atoms with Crippen molar-refractivity contribution in [2.45, 2.75) is 13.8 Å². The lowest BCUT2D eigenvalue weighted by Gasteiger charge is -2.13. The minimum absolute atomic E-state index is 0.110. The van der Waals surface area contributed by atoms with E-state index in [1.807, 2.05) is 32.0 Å². The quantitative estimate of drug-likeness (QED) is 0.574. The molecule has 7 heteroatoms. The zero-order valence-electron chi connectivity index (χ0n) is 13.4. The Labute approximate surface area is 151 Å². The van der Waals surface area contributed by atoms with Gasteiger partial charge in [0.15, 0.2) is 11.7 Å². The van der Waals surface area contributed by atoms with E-state index in [1.54, 1.807) is 24.3 Å². The number of carbonyl (C=O) groups is 1. The number of carbonyl (C=O) groups excluding carboxylic acids is 1. The number of aryl methyl sites for hydroxylation is 1. The highest BCUT2D eigenvalue weighted by Crippen LogP contribution is 2.20. The van der Waals surface area contributed by atoms with Crippen molar-refractivity contribution in [2.75, 3.05) is 11.9 Å². The van der Waals surface area contributed by atoms with E-state index in [4.69, 9.17) is 28.6 Å². The zero-order valence-corrected chi connectivity index (χ0v) is 14.9. The van der Waals surface area contributed by atoms with Crippen molar-refractivity contribution in [1.82, 2.24) is 10.9 Å². The van der Waals surface area contributed by atoms with Crippen LogP contribution in [0.25, 0.3) is 0 Å². The molecule has 0 fully saturated rings. The molecule has 0 heterocycles. The summed E-state index contributed by atoms with van der Waals surface area (Å²) in [7, 11) is 0. The maximum Gasteiger partial charge on any atom is 0.276 e. The monoisotopic (exact) mass is 363 g/mol. The van der Waals surface area contributed by atoms with E-state index < -0.39 is 0 Å². The molecule has 126 valence electrons. The summed E-state index contributed by atoms with van der Waals surface area (Å²) in [6.07, 6.45) is 0. The molecule has 0 spiro atoms. The van der Waals surface area contributed by atoms with Crippen LogP contribution in [0.5, 0.6) is 5.75 Å². The van der Waals surface area contributed by atoms with Gasteiger partial charge in [-0.25, -0.2) is 0 Å². The predicted octanol–water partition coefficient (Wildman–Crippen LogP) is 3.35. The van der Waals surface area contributed by atoms with Crippen LogP contribution >= 0.6 is 23.8 Å². The Morgan fingerprint density at radius 1 is 1.12 bits per heavy atom. The number of hydrogen-bond acceptors (Lipinski definition) is 3. The summed E-state index contributed by atoms with van der Waals surface area (Å²) in [5.41, 5.74) is 7.97. The highest BCUT2D eigenvalue weighted by molar-refractivity contribution is 7.80. The molecule has 0 radical (unpaired) electrons. The predicted molar refractivity (Wildman–Crippen MR) is 100 cm³/mol. The van der Waals surface area contributed by atoms with E-state index in [2.05, 4.69) is 16.2 Å². The van der Waals surface area contributed by atoms with E-state index in [-0.39, 0.29) is 17.6 Å². The Kier molecular flexibility index (Phi) is 6.40. The van der Waals surface area contributed by atoms with Crippen LogP contribution in [0.15, 0.2) is 42.5 Å². The maximum absolute atomic E-state index is 11.8. The number of thiocarbonyl (C=S) groups is 1. The van der Waals surface area contributed by atoms with Gasteiger partial charge < -0.3 is 10.1 Å². The van der Waals surface area contributed by atoms with Crippen molar-refractivity contribution >= 4 is 40.5 Å². The second-order valence-electron chi connectivity index (χ2n) is 5.12. The molecular weight excluding hydrogens is 346 g/mol. The molecule has 1 amide bonds. The van der Waals surface area contributed by atoms with Gasteiger partial charge >= 0.3 is 0 Å². The summed E-state index contributed by atoms with van der Waals surface area (Å²) in [4.78, 5) is 11.8. The van der Waals surface area contributed by atoms with Crippen LogP contribution in [0.2, 0.25) is 5.02 Å². The zero-order chi connectivity index (χ0) is 17.5. The first-order chi connectivity index (χ1) is 11.5. The number of ether oxygens (including phenoxy) is 1. The van der Waals surface area contributed by atoms with Crippen molar-refractivity contribution in [2.24, 2.45) is 0 Å². The van der Waals surface area contributed by atoms with Crippen molar-refractivity contribution < 1.29 is 9.53 Å². The van der Waals surface area contributed by atoms with Gasteiger partial charge in [-0.15, -0.1) is 0 Å². The lowest BCUT2D eigenvalue weighted by Crippen LogP contribution is -2.45. The van der Waals surface area contributed by atoms with E-state index in [0.29, 0.717) is 10.8 Å². The molecule has 0 saturated carbocycles. The average Bonchev–Trinajstić information content (AvgIpc) is 2.56. The molecule has 0 saturated heterocycles. The highest BCUT2D eigenvalue weighted by Gasteiger charge is 2.06. The normalized spacial score (nSPS) is 9.96. The van der Waals surface area contributed by atoms with Crippen LogP contribution < -0.4 is 20.9 Å². The number of benzene rings is 2. The van der Waals surface area contributed by atoms with Crippen molar-refractivity contribution in [3.05, 3.63) is 58.6 Å². The van der Waals surface area contributed by atoms with Gasteiger partial charge in [-0.2, -0.15) is 0 Å². The smallest absolute Gasteiger partial charge is 0.276 e. The summed E-state index contributed by atoms with van der Waals surface area (Å²) in [6, 6.07) is 12.7. The van der Waals surface area contributed by atoms with Gasteiger partial charge in [0.25, 0.3) is 5.91 Å². The van der Waals surface area contributed by atoms with Gasteiger partial charge in [0.1, 0.15) is 5.75 Å². The number of halogens is 1. The molecule has 0 unspecified atom stereocenters. The van der Waals surface area contributed by atoms with Crippen molar-refractivity contribution in [3.8, 4) is 5.75 Å². The molecule has 0 bridgehead atoms. The Morgan fingerprint density at radius 2 is 1.83 bits per heavy atom. The molecule has 0 aliphatic rings. The number of hydrogen-bond donors (Lipinski definition) is 3. The summed E-state index contributed by atoms with van der Waals surface area (Å²) < 4.78 is 5.51. The second-order valence-corrected chi connectivity index (χ2v) is 5.97. The van der Waals surface area contributed by atoms with Gasteiger partial charge in [0, 0.05) is 10.7 Å². The number of nitrogens with one attached hydrogen (secondary N) is 3. The molecule has 0 aliphatic carbocycles. The Balaban J connectivity index is 1.75. The summed E-state index contributed by atoms with van der Waals surface area (Å²) in [5, 5.41) is 3.82. The fraction of sp³-hybridized carbons (Fsp3) is 0.176. The molecule has 0 atom stereocenters. The minimum Gasteiger partial charge on any atom is -0.483 e. The molecule has 5 nitrogen and oxygen atoms in total. The van der Waals surface area contributed by atoms with Gasteiger partial charge in [0.2, 0.25) is 0 Å². The molecular formula is C17H18ClN3O2S. The van der Waals surface area contributed by atoms with Crippen LogP contribution in [0, 0.1) is 13.8 Å². The number of hydrazine groups is 1. The van der Waals surface area contributed by atoms with E-state index in [1.165, 1.54) is 0 Å². The Morgan fingerprint density at radius 3 is 2.54 bits per heavy atom. The van der Waals surface area contributed by atoms with Gasteiger partial charge in [-0.3, -0.25) is 15.6 Å². The lowest BCUT2D eigenvalue weighted by atomic mass is 10.1. The maximum atomic E-state index is 11.8. The number of amides is 1. The number of rotatable bonds is 4. The molecule has 2 aromatic carbocycles. The van der Waals surface area contributed by atoms with Crippen LogP contribution in [-0.2, 0) is 4.79 Å². The molecule has 2 aromatic rings. The molecule has 2 rings (SSSR count). The third kappa shape index (κ3) is 5.40. The summed E-state index contributed by atoms with van der Waals surface area (Å²) in [5.74, 6) is 0.350. The fourth-order valence-corrected chi connectivity index (χ4v) is 2.18. The second kappa shape index (κ2) is 8.52. The fourth-order valence-electron chi connectivity index (χ4n) is 1.88. The Bertz CT molecular complexity index is 735. The SMILES string of the molecule is Cc1cccc(OCC(=O)NNC(=S)Nc2ccc(Cl)cc2)c1C. The topological polar surface area (TPSA) is 62.4 Å². The van der Waals surface area contributed by atoms with Crippen LogP contribution in [-0.4, -0.2) is 17.6 Å². The van der Waals surface area contributed by atoms with E-state index >= 15 is 0 Å². The summed E-state index contributed by atoms with van der Waals surface area (Å²) >= 11 is 10.9. The lowest BCUT2D eigenvalue weighted by molar-refractivity contribution is -0.123. The third-order valence-corrected chi connectivity index (χ3v) is 3.79. The largest absolute Gasteiger partial charge is 0.483 e. The third-order valence-electron chi connectivity index (χ3n) is 3.33. The van der Waals surface area contributed by atoms with Crippen molar-refractivity contribution in [1.29, 1.82) is 0 Å². The van der Waals surface area contributed by atoms with Crippen LogP contribution in [0.4, 0.5) is 5.69 Å². The average molecular weight is 364 g/mol. The van der Waals surface area contributed by atoms with Gasteiger partial charge in [0.05, 0.1) is 0 Å². The molecule has 24 heavy (non-hydrogen) atoms. The molecule has 0 aliphatic heterocycles. The van der Waals surface area contributed by atoms with Gasteiger partial charge in [-0.05, 0) is 67.5 Å².